The predicted molar refractivity (Wildman–Crippen MR) is 83.4 cm³/mol. The molecule has 1 aromatic heterocycles. The normalized spacial score (nSPS) is 10.7. The van der Waals surface area contributed by atoms with Crippen LogP contribution in [-0.4, -0.2) is 22.8 Å². The first-order valence-electron chi connectivity index (χ1n) is 7.00. The van der Waals surface area contributed by atoms with E-state index in [1.165, 1.54) is 17.8 Å². The molecule has 0 unspecified atom stereocenters. The Hall–Kier alpha value is -2.36. The first kappa shape index (κ1) is 15.0. The van der Waals surface area contributed by atoms with Gasteiger partial charge in [-0.2, -0.15) is 0 Å². The summed E-state index contributed by atoms with van der Waals surface area (Å²) in [6.07, 6.45) is 1.49. The Kier molecular flexibility index (Phi) is 4.58. The summed E-state index contributed by atoms with van der Waals surface area (Å²) < 4.78 is 0. The number of carbonyl (C=O) groups is 1. The van der Waals surface area contributed by atoms with Gasteiger partial charge in [-0.05, 0) is 23.1 Å². The molecule has 0 bridgehead atoms. The van der Waals surface area contributed by atoms with E-state index in [1.807, 2.05) is 12.1 Å². The molecule has 1 amide bonds. The lowest BCUT2D eigenvalue weighted by Crippen LogP contribution is -2.27. The van der Waals surface area contributed by atoms with E-state index in [-0.39, 0.29) is 11.5 Å². The lowest BCUT2D eigenvalue weighted by atomic mass is 10.0. The topological polar surface area (TPSA) is 53.2 Å². The minimum Gasteiger partial charge on any atom is -0.337 e. The highest BCUT2D eigenvalue weighted by Crippen LogP contribution is 2.15. The molecule has 0 saturated heterocycles. The van der Waals surface area contributed by atoms with Gasteiger partial charge in [0.25, 0.3) is 5.91 Å². The Morgan fingerprint density at radius 2 is 1.86 bits per heavy atom. The number of aromatic amines is 1. The average molecular weight is 284 g/mol. The molecule has 21 heavy (non-hydrogen) atoms. The van der Waals surface area contributed by atoms with Crippen molar-refractivity contribution < 1.29 is 4.79 Å². The predicted octanol–water partition coefficient (Wildman–Crippen LogP) is 2.77. The molecule has 0 atom stereocenters. The third kappa shape index (κ3) is 3.81. The van der Waals surface area contributed by atoms with Gasteiger partial charge >= 0.3 is 0 Å². The van der Waals surface area contributed by atoms with Crippen LogP contribution >= 0.6 is 0 Å². The van der Waals surface area contributed by atoms with Crippen LogP contribution in [0.4, 0.5) is 0 Å². The number of pyridine rings is 1. The van der Waals surface area contributed by atoms with Gasteiger partial charge in [-0.3, -0.25) is 9.59 Å². The molecule has 0 aliphatic carbocycles. The summed E-state index contributed by atoms with van der Waals surface area (Å²) >= 11 is 0. The molecule has 0 aliphatic rings. The maximum Gasteiger partial charge on any atom is 0.254 e. The van der Waals surface area contributed by atoms with E-state index < -0.39 is 0 Å². The highest BCUT2D eigenvalue weighted by atomic mass is 16.2. The Labute approximate surface area is 124 Å². The van der Waals surface area contributed by atoms with Crippen LogP contribution in [0.5, 0.6) is 0 Å². The SMILES string of the molecule is CC(C)c1ccc(CN(C)C(=O)c2cc[nH]c(=O)c2)cc1. The van der Waals surface area contributed by atoms with Crippen LogP contribution in [0.3, 0.4) is 0 Å². The number of amides is 1. The summed E-state index contributed by atoms with van der Waals surface area (Å²) in [4.78, 5) is 27.6. The summed E-state index contributed by atoms with van der Waals surface area (Å²) in [6.45, 7) is 4.82. The van der Waals surface area contributed by atoms with Crippen molar-refractivity contribution in [3.05, 3.63) is 69.6 Å². The Bertz CT molecular complexity index is 672. The second-order valence-corrected chi connectivity index (χ2v) is 5.50. The molecule has 0 saturated carbocycles. The summed E-state index contributed by atoms with van der Waals surface area (Å²) in [5, 5.41) is 0. The molecule has 0 radical (unpaired) electrons. The number of carbonyl (C=O) groups excluding carboxylic acids is 1. The number of rotatable bonds is 4. The van der Waals surface area contributed by atoms with E-state index in [4.69, 9.17) is 0 Å². The average Bonchev–Trinajstić information content (AvgIpc) is 2.47. The number of hydrogen-bond donors (Lipinski definition) is 1. The lowest BCUT2D eigenvalue weighted by Gasteiger charge is -2.17. The van der Waals surface area contributed by atoms with Crippen molar-refractivity contribution in [3.8, 4) is 0 Å². The first-order chi connectivity index (χ1) is 9.97. The summed E-state index contributed by atoms with van der Waals surface area (Å²) in [6, 6.07) is 11.2. The zero-order chi connectivity index (χ0) is 15.4. The lowest BCUT2D eigenvalue weighted by molar-refractivity contribution is 0.0785. The van der Waals surface area contributed by atoms with Crippen LogP contribution in [-0.2, 0) is 6.54 Å². The van der Waals surface area contributed by atoms with Gasteiger partial charge in [-0.1, -0.05) is 38.1 Å². The minimum absolute atomic E-state index is 0.158. The van der Waals surface area contributed by atoms with Gasteiger partial charge in [0, 0.05) is 31.4 Å². The molecule has 1 N–H and O–H groups in total. The van der Waals surface area contributed by atoms with Crippen molar-refractivity contribution >= 4 is 5.91 Å². The third-order valence-electron chi connectivity index (χ3n) is 3.43. The van der Waals surface area contributed by atoms with E-state index in [0.29, 0.717) is 18.0 Å². The van der Waals surface area contributed by atoms with Crippen LogP contribution in [0.2, 0.25) is 0 Å². The van der Waals surface area contributed by atoms with Gasteiger partial charge in [0.15, 0.2) is 0 Å². The monoisotopic (exact) mass is 284 g/mol. The van der Waals surface area contributed by atoms with Gasteiger partial charge in [0.1, 0.15) is 0 Å². The molecular weight excluding hydrogens is 264 g/mol. The molecule has 1 heterocycles. The Morgan fingerprint density at radius 3 is 2.43 bits per heavy atom. The Balaban J connectivity index is 2.08. The number of nitrogens with one attached hydrogen (secondary N) is 1. The van der Waals surface area contributed by atoms with Gasteiger partial charge in [-0.15, -0.1) is 0 Å². The van der Waals surface area contributed by atoms with Gasteiger partial charge < -0.3 is 9.88 Å². The molecule has 2 aromatic rings. The summed E-state index contributed by atoms with van der Waals surface area (Å²) in [5.41, 5.74) is 2.48. The third-order valence-corrected chi connectivity index (χ3v) is 3.43. The fourth-order valence-electron chi connectivity index (χ4n) is 2.15. The Morgan fingerprint density at radius 1 is 1.19 bits per heavy atom. The van der Waals surface area contributed by atoms with E-state index in [0.717, 1.165) is 5.56 Å². The standard InChI is InChI=1S/C17H20N2O2/c1-12(2)14-6-4-13(5-7-14)11-19(3)17(21)15-8-9-18-16(20)10-15/h4-10,12H,11H2,1-3H3,(H,18,20). The highest BCUT2D eigenvalue weighted by molar-refractivity contribution is 5.93. The van der Waals surface area contributed by atoms with Crippen LogP contribution in [0, 0.1) is 0 Å². The maximum absolute atomic E-state index is 12.2. The molecule has 0 aliphatic heterocycles. The molecule has 4 heteroatoms. The molecule has 0 spiro atoms. The molecule has 1 aromatic carbocycles. The number of benzene rings is 1. The van der Waals surface area contributed by atoms with Crippen LogP contribution in [0.25, 0.3) is 0 Å². The van der Waals surface area contributed by atoms with Gasteiger partial charge in [0.05, 0.1) is 0 Å². The van der Waals surface area contributed by atoms with Crippen molar-refractivity contribution in [1.29, 1.82) is 0 Å². The van der Waals surface area contributed by atoms with Crippen LogP contribution in [0.1, 0.15) is 41.3 Å². The zero-order valence-corrected chi connectivity index (χ0v) is 12.6. The number of H-pyrrole nitrogens is 1. The fraction of sp³-hybridized carbons (Fsp3) is 0.294. The van der Waals surface area contributed by atoms with E-state index in [9.17, 15) is 9.59 Å². The van der Waals surface area contributed by atoms with Crippen LogP contribution in [0.15, 0.2) is 47.4 Å². The number of aromatic nitrogens is 1. The smallest absolute Gasteiger partial charge is 0.254 e. The first-order valence-corrected chi connectivity index (χ1v) is 7.00. The molecule has 0 fully saturated rings. The van der Waals surface area contributed by atoms with Crippen molar-refractivity contribution in [2.45, 2.75) is 26.3 Å². The van der Waals surface area contributed by atoms with Crippen molar-refractivity contribution in [2.75, 3.05) is 7.05 Å². The second kappa shape index (κ2) is 6.39. The number of nitrogens with zero attached hydrogens (tertiary/aromatic N) is 1. The molecule has 110 valence electrons. The van der Waals surface area contributed by atoms with Gasteiger partial charge in [0.2, 0.25) is 5.56 Å². The molecule has 2 rings (SSSR count). The maximum atomic E-state index is 12.2. The van der Waals surface area contributed by atoms with E-state index in [2.05, 4.69) is 31.0 Å². The van der Waals surface area contributed by atoms with Crippen LogP contribution < -0.4 is 5.56 Å². The molecular formula is C17H20N2O2. The van der Waals surface area contributed by atoms with E-state index >= 15 is 0 Å². The van der Waals surface area contributed by atoms with Crippen molar-refractivity contribution in [2.24, 2.45) is 0 Å². The quantitative estimate of drug-likeness (QED) is 0.938. The van der Waals surface area contributed by atoms with E-state index in [1.54, 1.807) is 18.0 Å². The summed E-state index contributed by atoms with van der Waals surface area (Å²) in [7, 11) is 1.74. The van der Waals surface area contributed by atoms with Crippen molar-refractivity contribution in [3.63, 3.8) is 0 Å². The minimum atomic E-state index is -0.268. The molecule has 4 nitrogen and oxygen atoms in total. The largest absolute Gasteiger partial charge is 0.337 e. The van der Waals surface area contributed by atoms with Crippen molar-refractivity contribution in [1.82, 2.24) is 9.88 Å². The summed E-state index contributed by atoms with van der Waals surface area (Å²) in [5.74, 6) is 0.337. The highest BCUT2D eigenvalue weighted by Gasteiger charge is 2.12. The second-order valence-electron chi connectivity index (χ2n) is 5.50. The number of hydrogen-bond acceptors (Lipinski definition) is 2. The van der Waals surface area contributed by atoms with Gasteiger partial charge in [-0.25, -0.2) is 0 Å². The zero-order valence-electron chi connectivity index (χ0n) is 12.6. The fourth-order valence-corrected chi connectivity index (χ4v) is 2.15.